The summed E-state index contributed by atoms with van der Waals surface area (Å²) in [7, 11) is 4.99. The predicted molar refractivity (Wildman–Crippen MR) is 118 cm³/mol. The average Bonchev–Trinajstić information content (AvgIpc) is 3.06. The van der Waals surface area contributed by atoms with E-state index in [0.717, 1.165) is 28.2 Å². The molecule has 3 aromatic rings. The molecule has 6 heteroatoms. The minimum Gasteiger partial charge on any atom is -0.497 e. The van der Waals surface area contributed by atoms with E-state index < -0.39 is 0 Å². The second-order valence-electron chi connectivity index (χ2n) is 7.03. The summed E-state index contributed by atoms with van der Waals surface area (Å²) in [5, 5.41) is 4.66. The van der Waals surface area contributed by atoms with Gasteiger partial charge in [0.15, 0.2) is 0 Å². The van der Waals surface area contributed by atoms with Gasteiger partial charge < -0.3 is 14.4 Å². The summed E-state index contributed by atoms with van der Waals surface area (Å²) >= 11 is 0. The van der Waals surface area contributed by atoms with Gasteiger partial charge in [-0.1, -0.05) is 18.2 Å². The summed E-state index contributed by atoms with van der Waals surface area (Å²) in [6, 6.07) is 15.5. The van der Waals surface area contributed by atoms with Crippen molar-refractivity contribution in [3.05, 3.63) is 77.1 Å². The van der Waals surface area contributed by atoms with E-state index in [2.05, 4.69) is 5.10 Å². The van der Waals surface area contributed by atoms with Crippen LogP contribution in [-0.2, 0) is 11.3 Å². The minimum atomic E-state index is -0.0980. The van der Waals surface area contributed by atoms with Crippen molar-refractivity contribution in [2.45, 2.75) is 20.4 Å². The Labute approximate surface area is 177 Å². The van der Waals surface area contributed by atoms with Crippen LogP contribution in [0.5, 0.6) is 11.5 Å². The normalized spacial score (nSPS) is 11.0. The summed E-state index contributed by atoms with van der Waals surface area (Å²) in [5.74, 6) is 1.25. The highest BCUT2D eigenvalue weighted by Crippen LogP contribution is 2.26. The Morgan fingerprint density at radius 1 is 1.10 bits per heavy atom. The van der Waals surface area contributed by atoms with E-state index in [1.165, 1.54) is 0 Å². The van der Waals surface area contributed by atoms with Crippen molar-refractivity contribution in [3.8, 4) is 17.2 Å². The van der Waals surface area contributed by atoms with Gasteiger partial charge in [-0.05, 0) is 44.2 Å². The quantitative estimate of drug-likeness (QED) is 0.554. The van der Waals surface area contributed by atoms with Crippen molar-refractivity contribution >= 4 is 12.0 Å². The zero-order valence-corrected chi connectivity index (χ0v) is 18.0. The van der Waals surface area contributed by atoms with Crippen LogP contribution in [0.25, 0.3) is 11.8 Å². The first-order chi connectivity index (χ1) is 14.4. The minimum absolute atomic E-state index is 0.0980. The van der Waals surface area contributed by atoms with E-state index in [1.54, 1.807) is 44.4 Å². The highest BCUT2D eigenvalue weighted by Gasteiger charge is 2.16. The van der Waals surface area contributed by atoms with E-state index in [0.29, 0.717) is 18.0 Å². The highest BCUT2D eigenvalue weighted by atomic mass is 16.5. The summed E-state index contributed by atoms with van der Waals surface area (Å²) < 4.78 is 12.5. The number of hydrogen-bond donors (Lipinski definition) is 0. The van der Waals surface area contributed by atoms with E-state index >= 15 is 0 Å². The molecule has 0 aliphatic carbocycles. The molecule has 0 bridgehead atoms. The van der Waals surface area contributed by atoms with Gasteiger partial charge in [-0.2, -0.15) is 5.10 Å². The molecule has 156 valence electrons. The average molecular weight is 405 g/mol. The second-order valence-corrected chi connectivity index (χ2v) is 7.03. The Morgan fingerprint density at radius 3 is 2.50 bits per heavy atom. The van der Waals surface area contributed by atoms with Crippen LogP contribution in [0, 0.1) is 13.8 Å². The van der Waals surface area contributed by atoms with Gasteiger partial charge in [0, 0.05) is 42.6 Å². The zero-order valence-electron chi connectivity index (χ0n) is 18.0. The topological polar surface area (TPSA) is 56.6 Å². The van der Waals surface area contributed by atoms with E-state index in [4.69, 9.17) is 9.47 Å². The Hall–Kier alpha value is -3.54. The monoisotopic (exact) mass is 405 g/mol. The van der Waals surface area contributed by atoms with Gasteiger partial charge in [0.05, 0.1) is 25.6 Å². The van der Waals surface area contributed by atoms with Gasteiger partial charge in [0.2, 0.25) is 5.91 Å². The fraction of sp³-hybridized carbons (Fsp3) is 0.250. The molecular formula is C24H27N3O3. The maximum Gasteiger partial charge on any atom is 0.246 e. The molecule has 30 heavy (non-hydrogen) atoms. The van der Waals surface area contributed by atoms with Crippen LogP contribution in [0.3, 0.4) is 0 Å². The molecule has 0 unspecified atom stereocenters. The van der Waals surface area contributed by atoms with E-state index in [1.807, 2.05) is 61.0 Å². The fourth-order valence-electron chi connectivity index (χ4n) is 3.28. The lowest BCUT2D eigenvalue weighted by Gasteiger charge is -2.16. The number of ether oxygens (including phenoxy) is 2. The van der Waals surface area contributed by atoms with Crippen molar-refractivity contribution in [2.24, 2.45) is 0 Å². The van der Waals surface area contributed by atoms with Crippen LogP contribution in [0.4, 0.5) is 0 Å². The number of hydrogen-bond acceptors (Lipinski definition) is 4. The first-order valence-corrected chi connectivity index (χ1v) is 9.70. The molecule has 6 nitrogen and oxygen atoms in total. The Morgan fingerprint density at radius 2 is 1.83 bits per heavy atom. The van der Waals surface area contributed by atoms with Gasteiger partial charge in [-0.3, -0.25) is 4.79 Å². The maximum atomic E-state index is 12.7. The van der Waals surface area contributed by atoms with Crippen molar-refractivity contribution in [1.82, 2.24) is 14.7 Å². The maximum absolute atomic E-state index is 12.7. The number of aryl methyl sites for hydroxylation is 1. The standard InChI is InChI=1S/C24H27N3O3/c1-17-22(18(2)27(25-17)20-9-7-6-8-10-20)16-26(3)24(28)14-12-19-11-13-21(29-4)15-23(19)30-5/h6-15H,16H2,1-5H3/b14-12+. The lowest BCUT2D eigenvalue weighted by atomic mass is 10.1. The SMILES string of the molecule is COc1ccc(/C=C/C(=O)N(C)Cc2c(C)nn(-c3ccccc3)c2C)c(OC)c1. The fourth-order valence-corrected chi connectivity index (χ4v) is 3.28. The van der Waals surface area contributed by atoms with Crippen LogP contribution < -0.4 is 9.47 Å². The number of carbonyl (C=O) groups is 1. The lowest BCUT2D eigenvalue weighted by Crippen LogP contribution is -2.24. The third-order valence-corrected chi connectivity index (χ3v) is 5.06. The molecule has 0 atom stereocenters. The number of benzene rings is 2. The molecule has 0 saturated carbocycles. The first-order valence-electron chi connectivity index (χ1n) is 9.70. The van der Waals surface area contributed by atoms with Crippen molar-refractivity contribution in [3.63, 3.8) is 0 Å². The molecule has 0 radical (unpaired) electrons. The number of carbonyl (C=O) groups excluding carboxylic acids is 1. The largest absolute Gasteiger partial charge is 0.497 e. The number of rotatable bonds is 7. The molecule has 0 aliphatic heterocycles. The number of aromatic nitrogens is 2. The predicted octanol–water partition coefficient (Wildman–Crippen LogP) is 4.18. The first kappa shape index (κ1) is 21.2. The summed E-state index contributed by atoms with van der Waals surface area (Å²) in [5.41, 5.74) is 4.80. The lowest BCUT2D eigenvalue weighted by molar-refractivity contribution is -0.125. The number of amides is 1. The molecule has 3 rings (SSSR count). The van der Waals surface area contributed by atoms with Gasteiger partial charge in [0.1, 0.15) is 11.5 Å². The smallest absolute Gasteiger partial charge is 0.246 e. The number of likely N-dealkylation sites (N-methyl/N-ethyl adjacent to an activating group) is 1. The molecule has 1 heterocycles. The highest BCUT2D eigenvalue weighted by molar-refractivity contribution is 5.92. The molecular weight excluding hydrogens is 378 g/mol. The van der Waals surface area contributed by atoms with Crippen molar-refractivity contribution < 1.29 is 14.3 Å². The van der Waals surface area contributed by atoms with Gasteiger partial charge in [-0.25, -0.2) is 4.68 Å². The van der Waals surface area contributed by atoms with E-state index in [-0.39, 0.29) is 5.91 Å². The zero-order chi connectivity index (χ0) is 21.7. The molecule has 0 saturated heterocycles. The molecule has 0 spiro atoms. The Balaban J connectivity index is 1.75. The van der Waals surface area contributed by atoms with E-state index in [9.17, 15) is 4.79 Å². The van der Waals surface area contributed by atoms with Crippen LogP contribution in [0.15, 0.2) is 54.6 Å². The van der Waals surface area contributed by atoms with Crippen LogP contribution in [0.2, 0.25) is 0 Å². The number of methoxy groups -OCH3 is 2. The van der Waals surface area contributed by atoms with Crippen LogP contribution in [0.1, 0.15) is 22.5 Å². The third kappa shape index (κ3) is 4.54. The molecule has 0 aliphatic rings. The summed E-state index contributed by atoms with van der Waals surface area (Å²) in [6.07, 6.45) is 3.31. The number of nitrogens with zero attached hydrogens (tertiary/aromatic N) is 3. The Kier molecular flexibility index (Phi) is 6.57. The van der Waals surface area contributed by atoms with Crippen molar-refractivity contribution in [2.75, 3.05) is 21.3 Å². The summed E-state index contributed by atoms with van der Waals surface area (Å²) in [6.45, 7) is 4.48. The Bertz CT molecular complexity index is 1060. The molecule has 1 amide bonds. The summed E-state index contributed by atoms with van der Waals surface area (Å²) in [4.78, 5) is 14.4. The third-order valence-electron chi connectivity index (χ3n) is 5.06. The molecule has 1 aromatic heterocycles. The van der Waals surface area contributed by atoms with Gasteiger partial charge in [-0.15, -0.1) is 0 Å². The van der Waals surface area contributed by atoms with Crippen LogP contribution in [-0.4, -0.2) is 41.9 Å². The molecule has 0 fully saturated rings. The van der Waals surface area contributed by atoms with Crippen LogP contribution >= 0.6 is 0 Å². The number of para-hydroxylation sites is 1. The van der Waals surface area contributed by atoms with Gasteiger partial charge >= 0.3 is 0 Å². The van der Waals surface area contributed by atoms with Crippen molar-refractivity contribution in [1.29, 1.82) is 0 Å². The van der Waals surface area contributed by atoms with Gasteiger partial charge in [0.25, 0.3) is 0 Å². The molecule has 0 N–H and O–H groups in total. The molecule has 2 aromatic carbocycles. The second kappa shape index (κ2) is 9.31.